The second kappa shape index (κ2) is 5.78. The summed E-state index contributed by atoms with van der Waals surface area (Å²) in [4.78, 5) is 0. The van der Waals surface area contributed by atoms with E-state index in [1.165, 1.54) is 5.57 Å². The predicted octanol–water partition coefficient (Wildman–Crippen LogP) is 2.98. The van der Waals surface area contributed by atoms with Gasteiger partial charge in [0.15, 0.2) is 0 Å². The number of hydrogen-bond acceptors (Lipinski definition) is 1. The van der Waals surface area contributed by atoms with E-state index in [4.69, 9.17) is 0 Å². The first-order valence-electron chi connectivity index (χ1n) is 4.15. The first kappa shape index (κ1) is 10.0. The van der Waals surface area contributed by atoms with Crippen LogP contribution in [0.1, 0.15) is 27.2 Å². The highest BCUT2D eigenvalue weighted by atomic mass is 14.8. The zero-order valence-electron chi connectivity index (χ0n) is 7.65. The normalized spacial score (nSPS) is 14.5. The Hall–Kier alpha value is -0.980. The average Bonchev–Trinajstić information content (AvgIpc) is 2.08. The Labute approximate surface area is 69.5 Å². The molecule has 0 aromatic carbocycles. The van der Waals surface area contributed by atoms with Gasteiger partial charge in [-0.25, -0.2) is 0 Å². The molecule has 0 aromatic rings. The van der Waals surface area contributed by atoms with Crippen LogP contribution >= 0.6 is 0 Å². The van der Waals surface area contributed by atoms with Gasteiger partial charge in [-0.1, -0.05) is 27.4 Å². The first-order valence-corrected chi connectivity index (χ1v) is 4.15. The smallest absolute Gasteiger partial charge is 0.0309 e. The maximum absolute atomic E-state index is 3.77. The molecule has 1 heterocycles. The maximum atomic E-state index is 3.77. The van der Waals surface area contributed by atoms with Crippen LogP contribution in [0, 0.1) is 0 Å². The third-order valence-electron chi connectivity index (χ3n) is 1.33. The van der Waals surface area contributed by atoms with Crippen LogP contribution in [-0.4, -0.2) is 0 Å². The van der Waals surface area contributed by atoms with E-state index in [2.05, 4.69) is 31.0 Å². The van der Waals surface area contributed by atoms with Crippen molar-refractivity contribution >= 4 is 0 Å². The summed E-state index contributed by atoms with van der Waals surface area (Å²) in [6.07, 6.45) is 7.12. The van der Waals surface area contributed by atoms with Crippen LogP contribution in [0.25, 0.3) is 0 Å². The van der Waals surface area contributed by atoms with Crippen molar-refractivity contribution in [3.05, 3.63) is 36.2 Å². The fraction of sp³-hybridized carbons (Fsp3) is 0.400. The molecule has 11 heavy (non-hydrogen) atoms. The molecule has 0 unspecified atom stereocenters. The van der Waals surface area contributed by atoms with E-state index in [0.29, 0.717) is 0 Å². The molecule has 62 valence electrons. The molecule has 1 rings (SSSR count). The third-order valence-corrected chi connectivity index (χ3v) is 1.33. The van der Waals surface area contributed by atoms with Gasteiger partial charge >= 0.3 is 0 Å². The van der Waals surface area contributed by atoms with Crippen molar-refractivity contribution in [1.29, 1.82) is 0 Å². The van der Waals surface area contributed by atoms with Gasteiger partial charge < -0.3 is 5.32 Å². The van der Waals surface area contributed by atoms with Gasteiger partial charge in [-0.3, -0.25) is 0 Å². The van der Waals surface area contributed by atoms with Gasteiger partial charge in [0.25, 0.3) is 0 Å². The molecule has 0 fully saturated rings. The molecule has 0 saturated heterocycles. The molecule has 1 nitrogen and oxygen atoms in total. The van der Waals surface area contributed by atoms with E-state index in [0.717, 1.165) is 12.1 Å². The molecular weight excluding hydrogens is 134 g/mol. The van der Waals surface area contributed by atoms with Gasteiger partial charge in [-0.2, -0.15) is 0 Å². The summed E-state index contributed by atoms with van der Waals surface area (Å²) in [5.74, 6) is 0. The zero-order valence-corrected chi connectivity index (χ0v) is 7.65. The molecule has 0 aromatic heterocycles. The predicted molar refractivity (Wildman–Crippen MR) is 51.1 cm³/mol. The lowest BCUT2D eigenvalue weighted by molar-refractivity contribution is 1.04. The summed E-state index contributed by atoms with van der Waals surface area (Å²) in [6.45, 7) is 9.91. The van der Waals surface area contributed by atoms with Gasteiger partial charge in [-0.05, 0) is 24.1 Å². The molecule has 0 bridgehead atoms. The van der Waals surface area contributed by atoms with Crippen molar-refractivity contribution in [2.24, 2.45) is 0 Å². The lowest BCUT2D eigenvalue weighted by Gasteiger charge is -2.07. The van der Waals surface area contributed by atoms with Crippen LogP contribution in [0.2, 0.25) is 0 Å². The van der Waals surface area contributed by atoms with Crippen LogP contribution < -0.4 is 5.32 Å². The lowest BCUT2D eigenvalue weighted by Crippen LogP contribution is -2.04. The van der Waals surface area contributed by atoms with E-state index < -0.39 is 0 Å². The van der Waals surface area contributed by atoms with Crippen molar-refractivity contribution in [2.75, 3.05) is 0 Å². The number of hydrogen-bond donors (Lipinski definition) is 1. The lowest BCUT2D eigenvalue weighted by atomic mass is 10.1. The van der Waals surface area contributed by atoms with Crippen molar-refractivity contribution < 1.29 is 0 Å². The third kappa shape index (κ3) is 3.66. The Morgan fingerprint density at radius 3 is 2.45 bits per heavy atom. The molecule has 0 aliphatic carbocycles. The second-order valence-electron chi connectivity index (χ2n) is 2.08. The molecule has 0 radical (unpaired) electrons. The van der Waals surface area contributed by atoms with Gasteiger partial charge in [0, 0.05) is 11.9 Å². The number of dihydropyridines is 1. The van der Waals surface area contributed by atoms with E-state index in [1.54, 1.807) is 0 Å². The molecular formula is C10H17N. The zero-order chi connectivity index (χ0) is 8.69. The standard InChI is InChI=1S/C8H11N.C2H6/c1-3-8-4-5-9-7(2)6-8;1-2/h4-6,9H,2-3H2,1H3;1-2H3. The van der Waals surface area contributed by atoms with Gasteiger partial charge in [0.05, 0.1) is 0 Å². The van der Waals surface area contributed by atoms with Crippen molar-refractivity contribution in [3.8, 4) is 0 Å². The first-order chi connectivity index (χ1) is 5.33. The Balaban J connectivity index is 0.000000461. The molecule has 0 saturated carbocycles. The van der Waals surface area contributed by atoms with E-state index in [-0.39, 0.29) is 0 Å². The monoisotopic (exact) mass is 151 g/mol. The molecule has 1 N–H and O–H groups in total. The van der Waals surface area contributed by atoms with E-state index in [1.807, 2.05) is 20.0 Å². The Morgan fingerprint density at radius 2 is 2.09 bits per heavy atom. The van der Waals surface area contributed by atoms with Gasteiger partial charge in [0.1, 0.15) is 0 Å². The molecule has 1 aliphatic rings. The molecule has 0 amide bonds. The second-order valence-corrected chi connectivity index (χ2v) is 2.08. The van der Waals surface area contributed by atoms with Gasteiger partial charge in [0.2, 0.25) is 0 Å². The summed E-state index contributed by atoms with van der Waals surface area (Å²) in [7, 11) is 0. The Bertz CT molecular complexity index is 175. The minimum Gasteiger partial charge on any atom is -0.362 e. The molecule has 0 spiro atoms. The van der Waals surface area contributed by atoms with E-state index >= 15 is 0 Å². The fourth-order valence-corrected chi connectivity index (χ4v) is 0.789. The number of nitrogens with one attached hydrogen (secondary N) is 1. The Kier molecular flexibility index (Phi) is 5.26. The van der Waals surface area contributed by atoms with Crippen LogP contribution in [0.3, 0.4) is 0 Å². The van der Waals surface area contributed by atoms with Gasteiger partial charge in [-0.15, -0.1) is 0 Å². The summed E-state index contributed by atoms with van der Waals surface area (Å²) in [5.41, 5.74) is 2.31. The summed E-state index contributed by atoms with van der Waals surface area (Å²) in [6, 6.07) is 0. The fourth-order valence-electron chi connectivity index (χ4n) is 0.789. The quantitative estimate of drug-likeness (QED) is 0.607. The summed E-state index contributed by atoms with van der Waals surface area (Å²) >= 11 is 0. The molecule has 1 aliphatic heterocycles. The highest BCUT2D eigenvalue weighted by Crippen LogP contribution is 2.08. The van der Waals surface area contributed by atoms with Crippen molar-refractivity contribution in [3.63, 3.8) is 0 Å². The maximum Gasteiger partial charge on any atom is 0.0309 e. The highest BCUT2D eigenvalue weighted by Gasteiger charge is 1.94. The minimum absolute atomic E-state index is 0.981. The van der Waals surface area contributed by atoms with Crippen molar-refractivity contribution in [2.45, 2.75) is 27.2 Å². The van der Waals surface area contributed by atoms with Crippen LogP contribution in [0.15, 0.2) is 36.2 Å². The topological polar surface area (TPSA) is 12.0 Å². The average molecular weight is 151 g/mol. The summed E-state index contributed by atoms with van der Waals surface area (Å²) < 4.78 is 0. The summed E-state index contributed by atoms with van der Waals surface area (Å²) in [5, 5.41) is 2.99. The minimum atomic E-state index is 0.981. The Morgan fingerprint density at radius 1 is 1.45 bits per heavy atom. The number of rotatable bonds is 1. The number of allylic oxidation sites excluding steroid dienone is 3. The SMILES string of the molecule is C=C1C=C(CC)C=CN1.CC. The van der Waals surface area contributed by atoms with Crippen LogP contribution in [0.5, 0.6) is 0 Å². The molecule has 0 atom stereocenters. The van der Waals surface area contributed by atoms with Crippen LogP contribution in [-0.2, 0) is 0 Å². The largest absolute Gasteiger partial charge is 0.362 e. The molecule has 1 heteroatoms. The van der Waals surface area contributed by atoms with E-state index in [9.17, 15) is 0 Å². The highest BCUT2D eigenvalue weighted by molar-refractivity contribution is 5.32. The van der Waals surface area contributed by atoms with Crippen LogP contribution in [0.4, 0.5) is 0 Å². The van der Waals surface area contributed by atoms with Crippen molar-refractivity contribution in [1.82, 2.24) is 5.32 Å².